The van der Waals surface area contributed by atoms with Gasteiger partial charge in [-0.1, -0.05) is 31.1 Å². The van der Waals surface area contributed by atoms with Crippen LogP contribution in [0, 0.1) is 5.92 Å². The van der Waals surface area contributed by atoms with E-state index < -0.39 is 27.6 Å². The Balaban J connectivity index is 1.58. The molecule has 6 nitrogen and oxygen atoms in total. The van der Waals surface area contributed by atoms with Crippen LogP contribution in [-0.2, 0) is 20.8 Å². The summed E-state index contributed by atoms with van der Waals surface area (Å²) >= 11 is 0. The van der Waals surface area contributed by atoms with E-state index >= 15 is 0 Å². The van der Waals surface area contributed by atoms with Gasteiger partial charge in [0.05, 0.1) is 35.1 Å². The number of halogens is 3. The Morgan fingerprint density at radius 3 is 2.56 bits per heavy atom. The number of nitrogens with one attached hydrogen (secondary N) is 2. The standard InChI is InChI=1S/C24H25F3N2O4S/c25-24(26,27)18-2-1-3-19(14-18)28-23(30)29-22-15-20(34(31,32)13-10-16-4-5-16)6-7-21(22)17-8-11-33-12-9-17/h1-3,6-8,14-16H,4-5,9-13H2,(H2,28,29,30). The summed E-state index contributed by atoms with van der Waals surface area (Å²) in [5.41, 5.74) is 0.880. The number of benzene rings is 2. The molecule has 1 aliphatic carbocycles. The Morgan fingerprint density at radius 2 is 1.88 bits per heavy atom. The molecule has 2 aromatic rings. The van der Waals surface area contributed by atoms with E-state index in [0.717, 1.165) is 30.5 Å². The van der Waals surface area contributed by atoms with Crippen LogP contribution in [0.1, 0.15) is 36.8 Å². The first kappa shape index (κ1) is 24.3. The Labute approximate surface area is 196 Å². The van der Waals surface area contributed by atoms with Gasteiger partial charge in [0.1, 0.15) is 0 Å². The number of urea groups is 1. The van der Waals surface area contributed by atoms with Crippen molar-refractivity contribution < 1.29 is 31.1 Å². The third-order valence-electron chi connectivity index (χ3n) is 5.85. The lowest BCUT2D eigenvalue weighted by atomic mass is 9.99. The maximum absolute atomic E-state index is 13.0. The molecular formula is C24H25F3N2O4S. The highest BCUT2D eigenvalue weighted by atomic mass is 32.2. The number of sulfone groups is 1. The quantitative estimate of drug-likeness (QED) is 0.515. The van der Waals surface area contributed by atoms with Gasteiger partial charge >= 0.3 is 12.2 Å². The number of alkyl halides is 3. The van der Waals surface area contributed by atoms with E-state index in [2.05, 4.69) is 10.6 Å². The number of carbonyl (C=O) groups is 1. The minimum atomic E-state index is -4.54. The molecule has 1 fully saturated rings. The van der Waals surface area contributed by atoms with Crippen LogP contribution in [0.4, 0.5) is 29.3 Å². The first-order chi connectivity index (χ1) is 16.1. The van der Waals surface area contributed by atoms with E-state index in [1.807, 2.05) is 6.08 Å². The molecule has 1 saturated carbocycles. The fraction of sp³-hybridized carbons (Fsp3) is 0.375. The van der Waals surface area contributed by atoms with Gasteiger partial charge < -0.3 is 15.4 Å². The summed E-state index contributed by atoms with van der Waals surface area (Å²) in [6.45, 7) is 0.885. The van der Waals surface area contributed by atoms with Crippen molar-refractivity contribution in [1.29, 1.82) is 0 Å². The van der Waals surface area contributed by atoms with Gasteiger partial charge in [0.2, 0.25) is 0 Å². The Hall–Kier alpha value is -2.85. The lowest BCUT2D eigenvalue weighted by molar-refractivity contribution is -0.137. The molecule has 182 valence electrons. The zero-order valence-electron chi connectivity index (χ0n) is 18.3. The second kappa shape index (κ2) is 9.79. The van der Waals surface area contributed by atoms with Crippen molar-refractivity contribution in [3.05, 3.63) is 59.7 Å². The van der Waals surface area contributed by atoms with Crippen LogP contribution in [0.3, 0.4) is 0 Å². The zero-order valence-corrected chi connectivity index (χ0v) is 19.1. The van der Waals surface area contributed by atoms with E-state index in [-0.39, 0.29) is 22.0 Å². The molecule has 0 unspecified atom stereocenters. The van der Waals surface area contributed by atoms with Gasteiger partial charge in [-0.25, -0.2) is 13.2 Å². The third-order valence-corrected chi connectivity index (χ3v) is 7.59. The molecule has 1 heterocycles. The number of hydrogen-bond donors (Lipinski definition) is 2. The number of amides is 2. The molecule has 0 bridgehead atoms. The molecule has 4 rings (SSSR count). The van der Waals surface area contributed by atoms with E-state index in [9.17, 15) is 26.4 Å². The summed E-state index contributed by atoms with van der Waals surface area (Å²) < 4.78 is 70.0. The second-order valence-corrected chi connectivity index (χ2v) is 10.6. The van der Waals surface area contributed by atoms with Crippen molar-refractivity contribution in [3.8, 4) is 0 Å². The molecule has 2 aliphatic rings. The predicted molar refractivity (Wildman–Crippen MR) is 123 cm³/mol. The Kier molecular flexibility index (Phi) is 6.99. The van der Waals surface area contributed by atoms with Gasteiger partial charge in [-0.05, 0) is 54.7 Å². The van der Waals surface area contributed by atoms with Crippen molar-refractivity contribution in [2.75, 3.05) is 29.6 Å². The molecule has 2 amide bonds. The number of rotatable bonds is 7. The molecule has 0 radical (unpaired) electrons. The highest BCUT2D eigenvalue weighted by Gasteiger charge is 2.30. The molecule has 1 aliphatic heterocycles. The molecule has 10 heteroatoms. The number of hydrogen-bond acceptors (Lipinski definition) is 4. The van der Waals surface area contributed by atoms with Gasteiger partial charge in [-0.2, -0.15) is 13.2 Å². The topological polar surface area (TPSA) is 84.5 Å². The Bertz CT molecular complexity index is 1200. The minimum absolute atomic E-state index is 0.0312. The van der Waals surface area contributed by atoms with Crippen LogP contribution in [0.5, 0.6) is 0 Å². The van der Waals surface area contributed by atoms with Gasteiger partial charge in [0, 0.05) is 11.3 Å². The van der Waals surface area contributed by atoms with Gasteiger partial charge in [0.25, 0.3) is 0 Å². The van der Waals surface area contributed by atoms with Crippen molar-refractivity contribution in [2.45, 2.75) is 36.8 Å². The van der Waals surface area contributed by atoms with E-state index in [1.165, 1.54) is 24.3 Å². The van der Waals surface area contributed by atoms with Crippen molar-refractivity contribution >= 4 is 32.8 Å². The van der Waals surface area contributed by atoms with E-state index in [4.69, 9.17) is 4.74 Å². The molecule has 34 heavy (non-hydrogen) atoms. The number of carbonyl (C=O) groups excluding carboxylic acids is 1. The van der Waals surface area contributed by atoms with Crippen molar-refractivity contribution in [2.24, 2.45) is 5.92 Å². The molecule has 0 atom stereocenters. The summed E-state index contributed by atoms with van der Waals surface area (Å²) in [7, 11) is -3.54. The fourth-order valence-electron chi connectivity index (χ4n) is 3.78. The summed E-state index contributed by atoms with van der Waals surface area (Å²) in [6, 6.07) is 8.11. The van der Waals surface area contributed by atoms with E-state index in [1.54, 1.807) is 6.07 Å². The van der Waals surface area contributed by atoms with Crippen LogP contribution < -0.4 is 10.6 Å². The summed E-state index contributed by atoms with van der Waals surface area (Å²) in [4.78, 5) is 12.8. The molecule has 0 spiro atoms. The highest BCUT2D eigenvalue weighted by molar-refractivity contribution is 7.91. The number of ether oxygens (including phenoxy) is 1. The first-order valence-electron chi connectivity index (χ1n) is 11.0. The monoisotopic (exact) mass is 494 g/mol. The fourth-order valence-corrected chi connectivity index (χ4v) is 5.23. The van der Waals surface area contributed by atoms with Crippen molar-refractivity contribution in [3.63, 3.8) is 0 Å². The lowest BCUT2D eigenvalue weighted by Gasteiger charge is -2.19. The first-order valence-corrected chi connectivity index (χ1v) is 12.7. The second-order valence-electron chi connectivity index (χ2n) is 8.47. The van der Waals surface area contributed by atoms with Crippen LogP contribution >= 0.6 is 0 Å². The van der Waals surface area contributed by atoms with Gasteiger partial charge in [-0.3, -0.25) is 0 Å². The minimum Gasteiger partial charge on any atom is -0.377 e. The van der Waals surface area contributed by atoms with E-state index in [0.29, 0.717) is 37.5 Å². The van der Waals surface area contributed by atoms with Gasteiger partial charge in [-0.15, -0.1) is 0 Å². The normalized spacial score (nSPS) is 16.6. The zero-order chi connectivity index (χ0) is 24.3. The lowest BCUT2D eigenvalue weighted by Crippen LogP contribution is -2.21. The highest BCUT2D eigenvalue weighted by Crippen LogP contribution is 2.35. The number of anilines is 2. The molecule has 0 aromatic heterocycles. The largest absolute Gasteiger partial charge is 0.416 e. The van der Waals surface area contributed by atoms with Crippen LogP contribution in [-0.4, -0.2) is 33.4 Å². The summed E-state index contributed by atoms with van der Waals surface area (Å²) in [5, 5.41) is 5.02. The van der Waals surface area contributed by atoms with Gasteiger partial charge in [0.15, 0.2) is 9.84 Å². The smallest absolute Gasteiger partial charge is 0.377 e. The molecular weight excluding hydrogens is 469 g/mol. The summed E-state index contributed by atoms with van der Waals surface area (Å²) in [6.07, 6.45) is 0.597. The van der Waals surface area contributed by atoms with Crippen LogP contribution in [0.25, 0.3) is 5.57 Å². The Morgan fingerprint density at radius 1 is 1.09 bits per heavy atom. The maximum atomic E-state index is 13.0. The van der Waals surface area contributed by atoms with Crippen LogP contribution in [0.15, 0.2) is 53.4 Å². The predicted octanol–water partition coefficient (Wildman–Crippen LogP) is 5.73. The molecule has 2 aromatic carbocycles. The summed E-state index contributed by atoms with van der Waals surface area (Å²) in [5.74, 6) is 0.487. The van der Waals surface area contributed by atoms with Crippen molar-refractivity contribution in [1.82, 2.24) is 0 Å². The average Bonchev–Trinajstić information content (AvgIpc) is 3.63. The average molecular weight is 495 g/mol. The maximum Gasteiger partial charge on any atom is 0.416 e. The SMILES string of the molecule is O=C(Nc1cccc(C(F)(F)F)c1)Nc1cc(S(=O)(=O)CCC2CC2)ccc1C1=CCOCC1. The third kappa shape index (κ3) is 6.18. The van der Waals surface area contributed by atoms with Crippen LogP contribution in [0.2, 0.25) is 0 Å². The molecule has 2 N–H and O–H groups in total. The molecule has 0 saturated heterocycles.